The van der Waals surface area contributed by atoms with Crippen molar-refractivity contribution >= 4 is 73.8 Å². The Morgan fingerprint density at radius 2 is 0.684 bits per heavy atom. The maximum Gasteiger partial charge on any atom is 0.261 e. The fraction of sp³-hybridized carbons (Fsp3) is 0.319. The van der Waals surface area contributed by atoms with Crippen LogP contribution in [0.15, 0.2) is 93.6 Å². The van der Waals surface area contributed by atoms with Crippen molar-refractivity contribution in [3.05, 3.63) is 276 Å². The number of aromatic nitrogens is 9. The number of nitrogens with zero attached hydrogens (tertiary/aromatic N) is 9. The Labute approximate surface area is 766 Å². The molecule has 0 saturated heterocycles. The van der Waals surface area contributed by atoms with Gasteiger partial charge in [0.15, 0.2) is 93.1 Å². The Morgan fingerprint density at radius 1 is 0.375 bits per heavy atom. The normalized spacial score (nSPS) is 13.7. The predicted molar refractivity (Wildman–Crippen MR) is 481 cm³/mol. The van der Waals surface area contributed by atoms with Crippen molar-refractivity contribution < 1.29 is 89.4 Å². The summed E-state index contributed by atoms with van der Waals surface area (Å²) in [6.07, 6.45) is 2.69. The van der Waals surface area contributed by atoms with Crippen molar-refractivity contribution in [3.63, 3.8) is 0 Å². The smallest absolute Gasteiger partial charge is 0.261 e. The van der Waals surface area contributed by atoms with Gasteiger partial charge in [0.1, 0.15) is 34.2 Å². The first-order valence-electron chi connectivity index (χ1n) is 42.2. The number of benzene rings is 7. The molecule has 720 valence electrons. The summed E-state index contributed by atoms with van der Waals surface area (Å²) in [4.78, 5) is 133. The molecule has 0 bridgehead atoms. The molecule has 7 aromatic carbocycles. The summed E-state index contributed by atoms with van der Waals surface area (Å²) in [5, 5.41) is 8.98. The Morgan fingerprint density at radius 3 is 1.03 bits per heavy atom. The van der Waals surface area contributed by atoms with Crippen molar-refractivity contribution in [2.75, 3.05) is 97.5 Å². The van der Waals surface area contributed by atoms with Gasteiger partial charge in [-0.15, -0.1) is 0 Å². The molecule has 13 aromatic rings. The molecule has 26 nitrogen and oxygen atoms in total. The van der Waals surface area contributed by atoms with Crippen LogP contribution in [0.3, 0.4) is 0 Å². The molecule has 3 aliphatic rings. The van der Waals surface area contributed by atoms with Crippen molar-refractivity contribution in [2.24, 2.45) is 5.73 Å². The van der Waals surface area contributed by atoms with Crippen LogP contribution >= 0.6 is 0 Å². The molecule has 42 heteroatoms. The highest BCUT2D eigenvalue weighted by atomic mass is 19.2. The fourth-order valence-electron chi connectivity index (χ4n) is 16.3. The van der Waals surface area contributed by atoms with E-state index in [1.807, 2.05) is 76.9 Å². The number of fused-ring (bicyclic) bond motifs is 6. The topological polar surface area (TPSA) is 334 Å². The number of nitrogens with one attached hydrogen (secondary N) is 9. The third-order valence-corrected chi connectivity index (χ3v) is 23.0. The highest BCUT2D eigenvalue weighted by Crippen LogP contribution is 2.39. The SMILES string of the molecule is C.CC(N)Cc1c(F)c(F)cc(F)c1F.Cc1c2c(cc3[nH]c(-c4c(NC(C)Cc5c(F)c(F)cc(F)c5F)cc[nH]c4=O)nc13)C(=O)N(CCN(C)C)C2.Cc1c2c(cc3[nH]c(-c4c(NC(C)Cc5c(F)c(F)cc(F)c5F)cc[nH]c4=O)nc13)C(=O)N(CCN(C)C)C2=O.Cc1c2c(cc3[nH]c(-c4c(NC(C)Cc5c(F)c(F)cc(F)c5F)cc[nH]c4=O)nc13)CN(CCN(C)C)C2=O. The molecule has 0 fully saturated rings. The van der Waals surface area contributed by atoms with Crippen molar-refractivity contribution in [3.8, 4) is 34.2 Å². The highest BCUT2D eigenvalue weighted by molar-refractivity contribution is 6.24. The van der Waals surface area contributed by atoms with E-state index in [9.17, 15) is 104 Å². The molecule has 16 rings (SSSR count). The van der Waals surface area contributed by atoms with Gasteiger partial charge in [0.2, 0.25) is 0 Å². The minimum atomic E-state index is -1.51. The largest absolute Gasteiger partial charge is 0.381 e. The number of carbonyl (C=O) groups excluding carboxylic acids is 4. The number of carbonyl (C=O) groups is 4. The second-order valence-corrected chi connectivity index (χ2v) is 34.1. The van der Waals surface area contributed by atoms with Crippen LogP contribution in [-0.4, -0.2) is 204 Å². The van der Waals surface area contributed by atoms with Crippen LogP contribution in [0.5, 0.6) is 0 Å². The van der Waals surface area contributed by atoms with Gasteiger partial charge in [-0.2, -0.15) is 0 Å². The van der Waals surface area contributed by atoms with Gasteiger partial charge in [-0.3, -0.25) is 38.5 Å². The van der Waals surface area contributed by atoms with Crippen molar-refractivity contribution in [1.82, 2.24) is 74.3 Å². The zero-order valence-electron chi connectivity index (χ0n) is 74.8. The van der Waals surface area contributed by atoms with E-state index in [2.05, 4.69) is 60.8 Å². The summed E-state index contributed by atoms with van der Waals surface area (Å²) in [5.74, 6) is -23.8. The van der Waals surface area contributed by atoms with E-state index < -0.39 is 187 Å². The third kappa shape index (κ3) is 20.6. The van der Waals surface area contributed by atoms with E-state index in [1.165, 1.54) is 49.5 Å². The molecule has 6 aromatic heterocycles. The van der Waals surface area contributed by atoms with E-state index in [1.54, 1.807) is 48.8 Å². The zero-order valence-corrected chi connectivity index (χ0v) is 74.8. The van der Waals surface area contributed by atoms with Crippen molar-refractivity contribution in [1.29, 1.82) is 0 Å². The molecule has 0 radical (unpaired) electrons. The minimum absolute atomic E-state index is 0. The first kappa shape index (κ1) is 101. The van der Waals surface area contributed by atoms with Crippen LogP contribution in [0.2, 0.25) is 0 Å². The van der Waals surface area contributed by atoms with Crippen molar-refractivity contribution in [2.45, 2.75) is 119 Å². The first-order valence-corrected chi connectivity index (χ1v) is 42.2. The first-order chi connectivity index (χ1) is 63.7. The fourth-order valence-corrected chi connectivity index (χ4v) is 16.3. The van der Waals surface area contributed by atoms with Crippen LogP contribution in [-0.2, 0) is 38.8 Å². The highest BCUT2D eigenvalue weighted by Gasteiger charge is 2.40. The number of hydrogen-bond donors (Lipinski definition) is 10. The summed E-state index contributed by atoms with van der Waals surface area (Å²) in [5.41, 5.74) is 10.6. The lowest BCUT2D eigenvalue weighted by Gasteiger charge is -2.18. The number of aromatic amines is 6. The monoisotopic (exact) mass is 1910 g/mol. The molecule has 4 unspecified atom stereocenters. The maximum absolute atomic E-state index is 14.2. The Balaban J connectivity index is 0.000000170. The van der Waals surface area contributed by atoms with Gasteiger partial charge in [0, 0.05) is 153 Å². The molecule has 4 amide bonds. The van der Waals surface area contributed by atoms with Gasteiger partial charge in [-0.05, 0) is 181 Å². The molecule has 4 atom stereocenters. The summed E-state index contributed by atoms with van der Waals surface area (Å²) >= 11 is 0. The number of hydrogen-bond acceptors (Lipinski definition) is 17. The van der Waals surface area contributed by atoms with Crippen LogP contribution in [0, 0.1) is 114 Å². The van der Waals surface area contributed by atoms with Gasteiger partial charge in [-0.1, -0.05) is 7.43 Å². The number of imidazole rings is 3. The zero-order chi connectivity index (χ0) is 98.4. The van der Waals surface area contributed by atoms with E-state index in [4.69, 9.17) is 5.73 Å². The summed E-state index contributed by atoms with van der Waals surface area (Å²) < 4.78 is 219. The van der Waals surface area contributed by atoms with Crippen LogP contribution < -0.4 is 38.4 Å². The number of H-pyrrole nitrogens is 6. The minimum Gasteiger partial charge on any atom is -0.381 e. The molecule has 0 saturated carbocycles. The summed E-state index contributed by atoms with van der Waals surface area (Å²) in [6.45, 7) is 15.8. The molecule has 136 heavy (non-hydrogen) atoms. The number of imide groups is 1. The number of anilines is 3. The lowest BCUT2D eigenvalue weighted by atomic mass is 10.0. The van der Waals surface area contributed by atoms with Crippen LogP contribution in [0.4, 0.5) is 87.3 Å². The number of pyridine rings is 3. The van der Waals surface area contributed by atoms with Crippen LogP contribution in [0.25, 0.3) is 67.3 Å². The number of aryl methyl sites for hydroxylation is 3. The second kappa shape index (κ2) is 41.1. The molecule has 11 N–H and O–H groups in total. The lowest BCUT2D eigenvalue weighted by Crippen LogP contribution is -2.36. The Hall–Kier alpha value is -14.0. The van der Waals surface area contributed by atoms with E-state index in [-0.39, 0.29) is 107 Å². The maximum atomic E-state index is 14.2. The van der Waals surface area contributed by atoms with Gasteiger partial charge in [0.25, 0.3) is 40.3 Å². The molecular weight excluding hydrogens is 1810 g/mol. The second-order valence-electron chi connectivity index (χ2n) is 34.1. The number of halogens is 16. The molecule has 3 aliphatic heterocycles. The van der Waals surface area contributed by atoms with E-state index >= 15 is 0 Å². The molecule has 0 spiro atoms. The number of amides is 4. The van der Waals surface area contributed by atoms with Crippen LogP contribution in [0.1, 0.15) is 127 Å². The van der Waals surface area contributed by atoms with Gasteiger partial charge in [0.05, 0.1) is 61.3 Å². The number of likely N-dealkylation sites (N-methyl/N-ethyl adjacent to an activating group) is 3. The summed E-state index contributed by atoms with van der Waals surface area (Å²) in [7, 11) is 11.5. The van der Waals surface area contributed by atoms with Gasteiger partial charge >= 0.3 is 0 Å². The molecule has 0 aliphatic carbocycles. The number of nitrogens with two attached hydrogens (primary N) is 1. The van der Waals surface area contributed by atoms with E-state index in [0.717, 1.165) is 29.8 Å². The van der Waals surface area contributed by atoms with Gasteiger partial charge in [-0.25, -0.2) is 85.2 Å². The molecule has 9 heterocycles. The Bertz CT molecular complexity index is 6830. The summed E-state index contributed by atoms with van der Waals surface area (Å²) in [6, 6.07) is 7.57. The lowest BCUT2D eigenvalue weighted by molar-refractivity contribution is 0.0642. The number of rotatable bonds is 26. The third-order valence-electron chi connectivity index (χ3n) is 23.0. The standard InChI is InChI=1S/C28H26F4N6O3.2C28H28F4N6O2.C9H9F4N.CH4/c1-12(9-15-22(31)16(29)11-17(30)23(15)32)34-18-5-6-33-26(39)21(18)25-35-19-10-14-20(13(2)24(19)36-25)28(41)38(27(14)40)8-7-37(3)4;1-13(9-16-23(31)18(29)11-19(30)24(16)32)34-20-5-6-33-27(39)22(20)26-35-21-10-15-17(14(2)25(21)36-26)12-38(28(15)40)8-7-37(3)4;1-13(9-16-23(31)17(29)11-18(30)24(16)32)34-19-5-6-33-27(39)22(19)26-35-20-10-15-12-38(8-7-37(3)4)28(40)21(15)14(2)25(20)36-26;1-4(14)2-5-8(12)6(10)3-7(11)9(5)13;/h5-6,10-12H,7-9H2,1-4H3,(H,35,36)(H2,33,34,39);2*5-6,10-11,13H,7-9,12H2,1-4H3,(H,35,36)(H2,33,34,39);3-4H,2,14H2,1H3;1H4. The molecular formula is C94H95F16N19O7. The average molecular weight is 1910 g/mol. The predicted octanol–water partition coefficient (Wildman–Crippen LogP) is 15.4. The van der Waals surface area contributed by atoms with E-state index in [0.29, 0.717) is 99.5 Å². The average Bonchev–Trinajstić information content (AvgIpc) is 1.59. The Kier molecular flexibility index (Phi) is 30.5. The quantitative estimate of drug-likeness (QED) is 0.0137. The van der Waals surface area contributed by atoms with Gasteiger partial charge < -0.3 is 76.1 Å².